The normalized spacial score (nSPS) is 12.9. The second-order valence-corrected chi connectivity index (χ2v) is 21.0. The Labute approximate surface area is 520 Å². The van der Waals surface area contributed by atoms with Crippen LogP contribution in [0.3, 0.4) is 0 Å². The number of Topliss-reactive ketones (excluding diaryl/α,β-unsaturated/α-hetero) is 2. The molecule has 0 rings (SSSR count). The van der Waals surface area contributed by atoms with Gasteiger partial charge in [-0.05, 0) is 103 Å². The van der Waals surface area contributed by atoms with Crippen molar-refractivity contribution < 1.29 is 80.9 Å². The minimum absolute atomic E-state index is 0.0897. The van der Waals surface area contributed by atoms with Crippen LogP contribution in [0.4, 0.5) is 0 Å². The van der Waals surface area contributed by atoms with Crippen molar-refractivity contribution in [3.63, 3.8) is 0 Å². The molecule has 27 heteroatoms. The van der Waals surface area contributed by atoms with Crippen LogP contribution in [0, 0.1) is 11.8 Å². The van der Waals surface area contributed by atoms with Gasteiger partial charge in [-0.3, -0.25) is 28.8 Å². The third-order valence-corrected chi connectivity index (χ3v) is 13.4. The van der Waals surface area contributed by atoms with Gasteiger partial charge in [-0.2, -0.15) is 0 Å². The van der Waals surface area contributed by atoms with E-state index in [1.54, 1.807) is 0 Å². The van der Waals surface area contributed by atoms with Gasteiger partial charge in [0, 0.05) is 90.1 Å². The summed E-state index contributed by atoms with van der Waals surface area (Å²) < 4.78 is 61.0. The average molecular weight is 1250 g/mol. The maximum atomic E-state index is 12.8. The Bertz CT molecular complexity index is 1510. The van der Waals surface area contributed by atoms with E-state index in [9.17, 15) is 28.8 Å². The number of carbonyl (C=O) groups is 6. The van der Waals surface area contributed by atoms with Gasteiger partial charge >= 0.3 is 0 Å². The van der Waals surface area contributed by atoms with Gasteiger partial charge in [0.1, 0.15) is 11.6 Å². The molecule has 0 saturated heterocycles. The molecule has 27 nitrogen and oxygen atoms in total. The average Bonchev–Trinajstić information content (AvgIpc) is 3.68. The lowest BCUT2D eigenvalue weighted by molar-refractivity contribution is -0.130. The molecular formula is C60H120N10O17. The summed E-state index contributed by atoms with van der Waals surface area (Å²) in [5.41, 5.74) is 34.5. The number of ether oxygens (including phenoxy) is 11. The Morgan fingerprint density at radius 3 is 0.770 bits per heavy atom. The number of rotatable bonds is 70. The topological polar surface area (TPSA) is 408 Å². The standard InChI is InChI=1S/C60H120N10O17/c61-19-5-1-13-51(49-55(71)53(65)15-3-7-21-63)59(75)69-25-11-29-79-35-41-83-39-33-77-27-9-23-67-57(73)17-31-81-37-43-85-45-47-87-48-46-86-44-38-82-32-18-58(74)68-24-10-28-78-34-40-84-42-36-80-30-12-26-70-60(76)52(14-2-6-20-62)50-56(72)54(66)16-4-8-22-64/h51-54H,1-50,61-66H2,(H,67,73)(H,68,74)(H,69,75)(H,70,76)/t51-,52-,53+,54+/m1/s1. The van der Waals surface area contributed by atoms with Gasteiger partial charge in [0.2, 0.25) is 23.6 Å². The van der Waals surface area contributed by atoms with Crippen molar-refractivity contribution in [3.8, 4) is 0 Å². The van der Waals surface area contributed by atoms with Crippen molar-refractivity contribution in [2.24, 2.45) is 46.2 Å². The van der Waals surface area contributed by atoms with Crippen LogP contribution in [-0.2, 0) is 80.9 Å². The summed E-state index contributed by atoms with van der Waals surface area (Å²) in [6.07, 6.45) is 12.1. The van der Waals surface area contributed by atoms with Crippen molar-refractivity contribution in [3.05, 3.63) is 0 Å². The Kier molecular flexibility index (Phi) is 62.9. The van der Waals surface area contributed by atoms with Crippen LogP contribution in [0.25, 0.3) is 0 Å². The minimum Gasteiger partial charge on any atom is -0.379 e. The third-order valence-electron chi connectivity index (χ3n) is 13.4. The SMILES string of the molecule is NCCCC[C@H](CC(=O)[C@@H](N)CCCCN)C(=O)NCCCOCCOCCOCCCNC(=O)CCOCCOCCOCCOCCOCCC(=O)NCCCOCCOCCOCCCNC(=O)[C@H](CCCCN)CC(=O)[C@@H](N)CCCCN. The van der Waals surface area contributed by atoms with E-state index in [0.717, 1.165) is 51.4 Å². The molecule has 0 aliphatic rings. The van der Waals surface area contributed by atoms with Gasteiger partial charge in [-0.15, -0.1) is 0 Å². The van der Waals surface area contributed by atoms with Crippen molar-refractivity contribution >= 4 is 35.2 Å². The van der Waals surface area contributed by atoms with Crippen LogP contribution < -0.4 is 55.7 Å². The Morgan fingerprint density at radius 2 is 0.506 bits per heavy atom. The van der Waals surface area contributed by atoms with Crippen molar-refractivity contribution in [1.82, 2.24) is 21.3 Å². The molecule has 0 heterocycles. The number of nitrogens with one attached hydrogen (secondary N) is 4. The van der Waals surface area contributed by atoms with Gasteiger partial charge < -0.3 is 108 Å². The molecule has 0 fully saturated rings. The highest BCUT2D eigenvalue weighted by atomic mass is 16.6. The molecule has 0 bridgehead atoms. The number of hydrogen-bond acceptors (Lipinski definition) is 23. The highest BCUT2D eigenvalue weighted by Crippen LogP contribution is 2.17. The molecule has 0 spiro atoms. The van der Waals surface area contributed by atoms with Gasteiger partial charge in [0.25, 0.3) is 0 Å². The van der Waals surface area contributed by atoms with Crippen LogP contribution in [0.5, 0.6) is 0 Å². The molecule has 512 valence electrons. The maximum Gasteiger partial charge on any atom is 0.223 e. The summed E-state index contributed by atoms with van der Waals surface area (Å²) >= 11 is 0. The molecule has 4 amide bonds. The number of carbonyl (C=O) groups excluding carboxylic acids is 6. The predicted octanol–water partition coefficient (Wildman–Crippen LogP) is 0.296. The molecule has 0 saturated carbocycles. The van der Waals surface area contributed by atoms with Crippen molar-refractivity contribution in [2.45, 2.75) is 141 Å². The first kappa shape index (κ1) is 83.5. The first-order valence-corrected chi connectivity index (χ1v) is 32.3. The molecular weight excluding hydrogens is 1130 g/mol. The Morgan fingerprint density at radius 1 is 0.276 bits per heavy atom. The summed E-state index contributed by atoms with van der Waals surface area (Å²) in [5, 5.41) is 11.6. The molecule has 87 heavy (non-hydrogen) atoms. The number of unbranched alkanes of at least 4 members (excludes halogenated alkanes) is 4. The van der Waals surface area contributed by atoms with Gasteiger partial charge in [0.05, 0.1) is 131 Å². The first-order valence-electron chi connectivity index (χ1n) is 32.3. The lowest BCUT2D eigenvalue weighted by Gasteiger charge is -2.18. The molecule has 16 N–H and O–H groups in total. The summed E-state index contributed by atoms with van der Waals surface area (Å²) in [5.74, 6) is -1.47. The number of amides is 4. The quantitative estimate of drug-likeness (QED) is 0.0366. The fourth-order valence-corrected chi connectivity index (χ4v) is 8.29. The highest BCUT2D eigenvalue weighted by molar-refractivity contribution is 5.90. The van der Waals surface area contributed by atoms with Gasteiger partial charge in [0.15, 0.2) is 0 Å². The number of hydrogen-bond donors (Lipinski definition) is 10. The summed E-state index contributed by atoms with van der Waals surface area (Å²) in [4.78, 5) is 75.2. The van der Waals surface area contributed by atoms with E-state index >= 15 is 0 Å². The lowest BCUT2D eigenvalue weighted by Crippen LogP contribution is -2.37. The van der Waals surface area contributed by atoms with E-state index in [1.807, 2.05) is 0 Å². The van der Waals surface area contributed by atoms with Crippen LogP contribution in [0.15, 0.2) is 0 Å². The second-order valence-electron chi connectivity index (χ2n) is 21.0. The highest BCUT2D eigenvalue weighted by Gasteiger charge is 2.26. The molecule has 0 radical (unpaired) electrons. The van der Waals surface area contributed by atoms with Gasteiger partial charge in [-0.25, -0.2) is 0 Å². The van der Waals surface area contributed by atoms with Crippen molar-refractivity contribution in [1.29, 1.82) is 0 Å². The summed E-state index contributed by atoms with van der Waals surface area (Å²) in [7, 11) is 0. The van der Waals surface area contributed by atoms with E-state index < -0.39 is 23.9 Å². The predicted molar refractivity (Wildman–Crippen MR) is 333 cm³/mol. The van der Waals surface area contributed by atoms with Crippen LogP contribution >= 0.6 is 0 Å². The number of nitrogens with two attached hydrogens (primary N) is 6. The fraction of sp³-hybridized carbons (Fsp3) is 0.900. The Balaban J connectivity index is 3.53. The summed E-state index contributed by atoms with van der Waals surface area (Å²) in [6.45, 7) is 13.2. The third kappa shape index (κ3) is 57.4. The zero-order valence-electron chi connectivity index (χ0n) is 53.1. The smallest absolute Gasteiger partial charge is 0.223 e. The molecule has 0 aromatic rings. The maximum absolute atomic E-state index is 12.8. The van der Waals surface area contributed by atoms with Crippen LogP contribution in [-0.4, -0.2) is 245 Å². The molecule has 0 aromatic carbocycles. The largest absolute Gasteiger partial charge is 0.379 e. The van der Waals surface area contributed by atoms with E-state index in [1.165, 1.54) is 0 Å². The molecule has 0 aliphatic carbocycles. The monoisotopic (exact) mass is 1250 g/mol. The van der Waals surface area contributed by atoms with Crippen molar-refractivity contribution in [2.75, 3.05) is 198 Å². The van der Waals surface area contributed by atoms with E-state index in [0.29, 0.717) is 249 Å². The van der Waals surface area contributed by atoms with Crippen LogP contribution in [0.2, 0.25) is 0 Å². The van der Waals surface area contributed by atoms with Gasteiger partial charge in [-0.1, -0.05) is 25.7 Å². The molecule has 0 aliphatic heterocycles. The second kappa shape index (κ2) is 65.5. The first-order chi connectivity index (χ1) is 42.5. The molecule has 0 unspecified atom stereocenters. The van der Waals surface area contributed by atoms with Crippen LogP contribution in [0.1, 0.15) is 128 Å². The zero-order valence-corrected chi connectivity index (χ0v) is 53.1. The molecule has 4 atom stereocenters. The molecule has 0 aromatic heterocycles. The number of ketones is 2. The fourth-order valence-electron chi connectivity index (χ4n) is 8.29. The van der Waals surface area contributed by atoms with E-state index in [-0.39, 0.29) is 60.9 Å². The Hall–Kier alpha value is -3.46. The lowest BCUT2D eigenvalue weighted by atomic mass is 9.91. The summed E-state index contributed by atoms with van der Waals surface area (Å²) in [6, 6.07) is -1.14. The minimum atomic E-state index is -0.572. The van der Waals surface area contributed by atoms with E-state index in [4.69, 9.17) is 86.5 Å². The zero-order chi connectivity index (χ0) is 63.7. The van der Waals surface area contributed by atoms with E-state index in [2.05, 4.69) is 21.3 Å².